The lowest BCUT2D eigenvalue weighted by molar-refractivity contribution is 0.0707. The SMILES string of the molecule is CCn1cc(C(=O)N(CCO)Cc2ccc(Cl)c(Cl)c2)cn1. The Hall–Kier alpha value is -1.56. The molecule has 1 amide bonds. The summed E-state index contributed by atoms with van der Waals surface area (Å²) < 4.78 is 1.68. The van der Waals surface area contributed by atoms with E-state index in [9.17, 15) is 9.90 Å². The number of hydrogen-bond acceptors (Lipinski definition) is 3. The van der Waals surface area contributed by atoms with Crippen LogP contribution >= 0.6 is 23.2 Å². The molecule has 118 valence electrons. The quantitative estimate of drug-likeness (QED) is 0.878. The lowest BCUT2D eigenvalue weighted by Crippen LogP contribution is -2.32. The van der Waals surface area contributed by atoms with Crippen molar-refractivity contribution < 1.29 is 9.90 Å². The van der Waals surface area contributed by atoms with E-state index in [1.807, 2.05) is 6.92 Å². The van der Waals surface area contributed by atoms with Gasteiger partial charge in [0, 0.05) is 25.8 Å². The molecule has 0 atom stereocenters. The molecule has 0 saturated heterocycles. The zero-order valence-electron chi connectivity index (χ0n) is 12.2. The van der Waals surface area contributed by atoms with Crippen LogP contribution in [0.2, 0.25) is 10.0 Å². The van der Waals surface area contributed by atoms with Gasteiger partial charge in [-0.05, 0) is 24.6 Å². The zero-order chi connectivity index (χ0) is 16.1. The van der Waals surface area contributed by atoms with E-state index in [-0.39, 0.29) is 19.1 Å². The van der Waals surface area contributed by atoms with Crippen molar-refractivity contribution in [3.8, 4) is 0 Å². The summed E-state index contributed by atoms with van der Waals surface area (Å²) >= 11 is 11.9. The number of amides is 1. The summed E-state index contributed by atoms with van der Waals surface area (Å²) in [4.78, 5) is 14.1. The van der Waals surface area contributed by atoms with Crippen molar-refractivity contribution in [2.75, 3.05) is 13.2 Å². The van der Waals surface area contributed by atoms with Crippen molar-refractivity contribution in [1.29, 1.82) is 0 Å². The number of aliphatic hydroxyl groups excluding tert-OH is 1. The second-order valence-corrected chi connectivity index (χ2v) is 5.60. The Morgan fingerprint density at radius 1 is 1.36 bits per heavy atom. The predicted molar refractivity (Wildman–Crippen MR) is 86.2 cm³/mol. The Morgan fingerprint density at radius 3 is 2.73 bits per heavy atom. The normalized spacial score (nSPS) is 10.7. The second kappa shape index (κ2) is 7.63. The lowest BCUT2D eigenvalue weighted by Gasteiger charge is -2.21. The van der Waals surface area contributed by atoms with Gasteiger partial charge in [-0.2, -0.15) is 5.10 Å². The third-order valence-electron chi connectivity index (χ3n) is 3.22. The average Bonchev–Trinajstić information content (AvgIpc) is 2.99. The van der Waals surface area contributed by atoms with Crippen molar-refractivity contribution in [3.05, 3.63) is 51.8 Å². The highest BCUT2D eigenvalue weighted by atomic mass is 35.5. The molecule has 1 heterocycles. The summed E-state index contributed by atoms with van der Waals surface area (Å²) in [6, 6.07) is 5.22. The van der Waals surface area contributed by atoms with Crippen molar-refractivity contribution >= 4 is 29.1 Å². The maximum Gasteiger partial charge on any atom is 0.257 e. The first-order valence-corrected chi connectivity index (χ1v) is 7.67. The number of carbonyl (C=O) groups is 1. The number of halogens is 2. The minimum atomic E-state index is -0.181. The predicted octanol–water partition coefficient (Wildman–Crippen LogP) is 2.84. The van der Waals surface area contributed by atoms with Gasteiger partial charge < -0.3 is 10.0 Å². The Kier molecular flexibility index (Phi) is 5.83. The van der Waals surface area contributed by atoms with Crippen LogP contribution in [0.5, 0.6) is 0 Å². The molecular formula is C15H17Cl2N3O2. The summed E-state index contributed by atoms with van der Waals surface area (Å²) in [5, 5.41) is 14.2. The molecule has 0 aliphatic rings. The first-order chi connectivity index (χ1) is 10.5. The largest absolute Gasteiger partial charge is 0.395 e. The van der Waals surface area contributed by atoms with Gasteiger partial charge in [0.2, 0.25) is 0 Å². The number of carbonyl (C=O) groups excluding carboxylic acids is 1. The van der Waals surface area contributed by atoms with Crippen LogP contribution in [0.15, 0.2) is 30.6 Å². The Morgan fingerprint density at radius 2 is 2.14 bits per heavy atom. The monoisotopic (exact) mass is 341 g/mol. The van der Waals surface area contributed by atoms with E-state index in [0.29, 0.717) is 28.7 Å². The third-order valence-corrected chi connectivity index (χ3v) is 3.96. The molecule has 0 fully saturated rings. The van der Waals surface area contributed by atoms with Gasteiger partial charge in [-0.3, -0.25) is 9.48 Å². The van der Waals surface area contributed by atoms with Gasteiger partial charge in [-0.1, -0.05) is 29.3 Å². The summed E-state index contributed by atoms with van der Waals surface area (Å²) in [5.41, 5.74) is 1.34. The highest BCUT2D eigenvalue weighted by molar-refractivity contribution is 6.42. The van der Waals surface area contributed by atoms with Gasteiger partial charge in [0.05, 0.1) is 28.4 Å². The van der Waals surface area contributed by atoms with Gasteiger partial charge in [0.1, 0.15) is 0 Å². The van der Waals surface area contributed by atoms with Crippen LogP contribution in [0, 0.1) is 0 Å². The number of hydrogen-bond donors (Lipinski definition) is 1. The van der Waals surface area contributed by atoms with E-state index in [1.54, 1.807) is 34.0 Å². The third kappa shape index (κ3) is 4.00. The maximum atomic E-state index is 12.5. The Labute approximate surface area is 139 Å². The molecule has 2 rings (SSSR count). The topological polar surface area (TPSA) is 58.4 Å². The average molecular weight is 342 g/mol. The molecule has 1 aromatic heterocycles. The van der Waals surface area contributed by atoms with Gasteiger partial charge in [0.25, 0.3) is 5.91 Å². The molecule has 0 spiro atoms. The molecule has 2 aromatic rings. The van der Waals surface area contributed by atoms with E-state index >= 15 is 0 Å². The molecule has 1 N–H and O–H groups in total. The summed E-state index contributed by atoms with van der Waals surface area (Å²) in [5.74, 6) is -0.181. The zero-order valence-corrected chi connectivity index (χ0v) is 13.7. The van der Waals surface area contributed by atoms with Gasteiger partial charge in [0.15, 0.2) is 0 Å². The smallest absolute Gasteiger partial charge is 0.257 e. The van der Waals surface area contributed by atoms with E-state index in [2.05, 4.69) is 5.10 Å². The van der Waals surface area contributed by atoms with E-state index in [0.717, 1.165) is 5.56 Å². The number of aliphatic hydroxyl groups is 1. The first kappa shape index (κ1) is 16.8. The van der Waals surface area contributed by atoms with Crippen molar-refractivity contribution in [2.45, 2.75) is 20.0 Å². The number of nitrogens with zero attached hydrogens (tertiary/aromatic N) is 3. The number of benzene rings is 1. The number of rotatable bonds is 6. The minimum Gasteiger partial charge on any atom is -0.395 e. The molecule has 0 aliphatic carbocycles. The van der Waals surface area contributed by atoms with Crippen LogP contribution < -0.4 is 0 Å². The Balaban J connectivity index is 2.17. The highest BCUT2D eigenvalue weighted by Gasteiger charge is 2.17. The Bertz CT molecular complexity index is 658. The van der Waals surface area contributed by atoms with E-state index < -0.39 is 0 Å². The number of aryl methyl sites for hydroxylation is 1. The molecular weight excluding hydrogens is 325 g/mol. The second-order valence-electron chi connectivity index (χ2n) is 4.78. The summed E-state index contributed by atoms with van der Waals surface area (Å²) in [6.07, 6.45) is 3.23. The van der Waals surface area contributed by atoms with Crippen LogP contribution in [0.4, 0.5) is 0 Å². The standard InChI is InChI=1S/C15H17Cl2N3O2/c1-2-20-10-12(8-18-20)15(22)19(5-6-21)9-11-3-4-13(16)14(17)7-11/h3-4,7-8,10,21H,2,5-6,9H2,1H3. The molecule has 0 unspecified atom stereocenters. The van der Waals surface area contributed by atoms with Crippen LogP contribution in [-0.4, -0.2) is 38.8 Å². The lowest BCUT2D eigenvalue weighted by atomic mass is 10.2. The summed E-state index contributed by atoms with van der Waals surface area (Å²) in [7, 11) is 0. The molecule has 5 nitrogen and oxygen atoms in total. The molecule has 0 saturated carbocycles. The van der Waals surface area contributed by atoms with Gasteiger partial charge >= 0.3 is 0 Å². The van der Waals surface area contributed by atoms with Crippen molar-refractivity contribution in [1.82, 2.24) is 14.7 Å². The van der Waals surface area contributed by atoms with Crippen LogP contribution in [0.25, 0.3) is 0 Å². The molecule has 0 radical (unpaired) electrons. The van der Waals surface area contributed by atoms with Crippen LogP contribution in [-0.2, 0) is 13.1 Å². The molecule has 7 heteroatoms. The van der Waals surface area contributed by atoms with Gasteiger partial charge in [-0.15, -0.1) is 0 Å². The fraction of sp³-hybridized carbons (Fsp3) is 0.333. The molecule has 0 aliphatic heterocycles. The van der Waals surface area contributed by atoms with Crippen LogP contribution in [0.3, 0.4) is 0 Å². The molecule has 22 heavy (non-hydrogen) atoms. The fourth-order valence-corrected chi connectivity index (χ4v) is 2.38. The van der Waals surface area contributed by atoms with Crippen LogP contribution in [0.1, 0.15) is 22.8 Å². The van der Waals surface area contributed by atoms with E-state index in [4.69, 9.17) is 23.2 Å². The van der Waals surface area contributed by atoms with E-state index in [1.165, 1.54) is 6.20 Å². The first-order valence-electron chi connectivity index (χ1n) is 6.91. The summed E-state index contributed by atoms with van der Waals surface area (Å²) in [6.45, 7) is 3.10. The maximum absolute atomic E-state index is 12.5. The minimum absolute atomic E-state index is 0.116. The molecule has 0 bridgehead atoms. The molecule has 1 aromatic carbocycles. The fourth-order valence-electron chi connectivity index (χ4n) is 2.06. The van der Waals surface area contributed by atoms with Crippen molar-refractivity contribution in [2.24, 2.45) is 0 Å². The highest BCUT2D eigenvalue weighted by Crippen LogP contribution is 2.23. The number of aromatic nitrogens is 2. The van der Waals surface area contributed by atoms with Crippen molar-refractivity contribution in [3.63, 3.8) is 0 Å². The van der Waals surface area contributed by atoms with Gasteiger partial charge in [-0.25, -0.2) is 0 Å².